The first kappa shape index (κ1) is 16.9. The fourth-order valence-corrected chi connectivity index (χ4v) is 1.63. The number of benzene rings is 1. The molecular weight excluding hydrogens is 272 g/mol. The molecule has 1 atom stereocenters. The van der Waals surface area contributed by atoms with Crippen molar-refractivity contribution in [2.75, 3.05) is 6.61 Å². The third kappa shape index (κ3) is 5.77. The van der Waals surface area contributed by atoms with Crippen LogP contribution < -0.4 is 0 Å². The van der Waals surface area contributed by atoms with Gasteiger partial charge in [0, 0.05) is 12.5 Å². The summed E-state index contributed by atoms with van der Waals surface area (Å²) >= 11 is 0. The average Bonchev–Trinajstić information content (AvgIpc) is 2.37. The molecule has 5 nitrogen and oxygen atoms in total. The minimum Gasteiger partial charge on any atom is -0.464 e. The van der Waals surface area contributed by atoms with Crippen LogP contribution in [0.3, 0.4) is 0 Å². The van der Waals surface area contributed by atoms with Crippen LogP contribution in [0.5, 0.6) is 0 Å². The maximum absolute atomic E-state index is 12.4. The molecule has 0 heterocycles. The summed E-state index contributed by atoms with van der Waals surface area (Å²) in [6, 6.07) is 8.38. The smallest absolute Gasteiger partial charge is 0.320 e. The third-order valence-electron chi connectivity index (χ3n) is 2.52. The van der Waals surface area contributed by atoms with E-state index >= 15 is 0 Å². The van der Waals surface area contributed by atoms with Crippen LogP contribution >= 0.6 is 0 Å². The zero-order chi connectivity index (χ0) is 16.0. The fraction of sp³-hybridized carbons (Fsp3) is 0.438. The van der Waals surface area contributed by atoms with Crippen molar-refractivity contribution in [1.82, 2.24) is 0 Å². The van der Waals surface area contributed by atoms with Gasteiger partial charge in [0.15, 0.2) is 11.7 Å². The summed E-state index contributed by atoms with van der Waals surface area (Å²) in [5.41, 5.74) is -0.344. The molecule has 114 valence electrons. The van der Waals surface area contributed by atoms with E-state index < -0.39 is 29.2 Å². The normalized spacial score (nSPS) is 12.4. The van der Waals surface area contributed by atoms with Crippen molar-refractivity contribution in [2.45, 2.75) is 33.3 Å². The molecule has 21 heavy (non-hydrogen) atoms. The summed E-state index contributed by atoms with van der Waals surface area (Å²) < 4.78 is 10.0. The summed E-state index contributed by atoms with van der Waals surface area (Å²) in [5.74, 6) is -2.83. The lowest BCUT2D eigenvalue weighted by atomic mass is 9.98. The number of esters is 2. The molecule has 0 radical (unpaired) electrons. The van der Waals surface area contributed by atoms with Gasteiger partial charge in [-0.2, -0.15) is 0 Å². The fourth-order valence-electron chi connectivity index (χ4n) is 1.63. The molecule has 0 amide bonds. The topological polar surface area (TPSA) is 69.7 Å². The predicted octanol–water partition coefficient (Wildman–Crippen LogP) is 2.39. The average molecular weight is 292 g/mol. The van der Waals surface area contributed by atoms with Crippen LogP contribution in [0.4, 0.5) is 0 Å². The van der Waals surface area contributed by atoms with Crippen molar-refractivity contribution in [2.24, 2.45) is 5.92 Å². The monoisotopic (exact) mass is 292 g/mol. The van der Waals surface area contributed by atoms with Gasteiger partial charge < -0.3 is 9.47 Å². The molecule has 0 bridgehead atoms. The molecule has 1 rings (SSSR count). The first-order chi connectivity index (χ1) is 9.70. The van der Waals surface area contributed by atoms with Crippen LogP contribution in [0.15, 0.2) is 30.3 Å². The molecule has 0 aromatic heterocycles. The Morgan fingerprint density at radius 2 is 1.67 bits per heavy atom. The number of ketones is 1. The van der Waals surface area contributed by atoms with Crippen LogP contribution in [-0.4, -0.2) is 29.9 Å². The standard InChI is InChI=1S/C16H20O5/c1-11(17)20-10-13(15(19)21-16(2,3)4)14(18)12-8-6-5-7-9-12/h5-9,13H,10H2,1-4H3/t13-/m1/s1. The molecule has 1 aromatic rings. The van der Waals surface area contributed by atoms with Crippen molar-refractivity contribution in [3.63, 3.8) is 0 Å². The largest absolute Gasteiger partial charge is 0.464 e. The second-order valence-electron chi connectivity index (χ2n) is 5.62. The first-order valence-electron chi connectivity index (χ1n) is 6.66. The highest BCUT2D eigenvalue weighted by Crippen LogP contribution is 2.16. The van der Waals surface area contributed by atoms with Crippen LogP contribution in [0, 0.1) is 5.92 Å². The van der Waals surface area contributed by atoms with Crippen molar-refractivity contribution in [1.29, 1.82) is 0 Å². The van der Waals surface area contributed by atoms with Crippen molar-refractivity contribution in [3.05, 3.63) is 35.9 Å². The molecule has 0 aliphatic carbocycles. The van der Waals surface area contributed by atoms with E-state index in [0.717, 1.165) is 0 Å². The number of hydrogen-bond donors (Lipinski definition) is 0. The molecule has 0 spiro atoms. The van der Waals surface area contributed by atoms with E-state index in [4.69, 9.17) is 9.47 Å². The Balaban J connectivity index is 2.93. The molecule has 0 unspecified atom stereocenters. The van der Waals surface area contributed by atoms with E-state index in [0.29, 0.717) is 5.56 Å². The quantitative estimate of drug-likeness (QED) is 0.473. The third-order valence-corrected chi connectivity index (χ3v) is 2.52. The van der Waals surface area contributed by atoms with Gasteiger partial charge in [-0.1, -0.05) is 30.3 Å². The van der Waals surface area contributed by atoms with Gasteiger partial charge in [0.25, 0.3) is 0 Å². The highest BCUT2D eigenvalue weighted by atomic mass is 16.6. The molecule has 1 aromatic carbocycles. The molecule has 0 fully saturated rings. The lowest BCUT2D eigenvalue weighted by Gasteiger charge is -2.23. The molecule has 0 aliphatic heterocycles. The Morgan fingerprint density at radius 3 is 2.14 bits per heavy atom. The van der Waals surface area contributed by atoms with Crippen LogP contribution in [0.2, 0.25) is 0 Å². The van der Waals surface area contributed by atoms with Gasteiger partial charge in [-0.15, -0.1) is 0 Å². The first-order valence-corrected chi connectivity index (χ1v) is 6.66. The zero-order valence-corrected chi connectivity index (χ0v) is 12.7. The van der Waals surface area contributed by atoms with Crippen LogP contribution in [0.1, 0.15) is 38.1 Å². The highest BCUT2D eigenvalue weighted by molar-refractivity contribution is 6.08. The lowest BCUT2D eigenvalue weighted by Crippen LogP contribution is -2.36. The lowest BCUT2D eigenvalue weighted by molar-refractivity contribution is -0.161. The van der Waals surface area contributed by atoms with Crippen LogP contribution in [0.25, 0.3) is 0 Å². The molecule has 0 saturated heterocycles. The number of hydrogen-bond acceptors (Lipinski definition) is 5. The zero-order valence-electron chi connectivity index (χ0n) is 12.7. The van der Waals surface area contributed by atoms with Crippen molar-refractivity contribution < 1.29 is 23.9 Å². The van der Waals surface area contributed by atoms with Gasteiger partial charge in [0.1, 0.15) is 12.2 Å². The molecule has 0 N–H and O–H groups in total. The maximum Gasteiger partial charge on any atom is 0.320 e. The van der Waals surface area contributed by atoms with E-state index in [9.17, 15) is 14.4 Å². The van der Waals surface area contributed by atoms with Crippen LogP contribution in [-0.2, 0) is 19.1 Å². The summed E-state index contributed by atoms with van der Waals surface area (Å²) in [5, 5.41) is 0. The van der Waals surface area contributed by atoms with Gasteiger partial charge in [-0.05, 0) is 20.8 Å². The number of carbonyl (C=O) groups is 3. The Hall–Kier alpha value is -2.17. The van der Waals surface area contributed by atoms with E-state index in [2.05, 4.69) is 0 Å². The Bertz CT molecular complexity index is 513. The Kier molecular flexibility index (Phi) is 5.64. The minimum atomic E-state index is -1.16. The molecule has 0 saturated carbocycles. The number of rotatable bonds is 5. The SMILES string of the molecule is CC(=O)OC[C@@H](C(=O)OC(C)(C)C)C(=O)c1ccccc1. The van der Waals surface area contributed by atoms with Gasteiger partial charge >= 0.3 is 11.9 Å². The number of carbonyl (C=O) groups excluding carboxylic acids is 3. The molecule has 5 heteroatoms. The number of Topliss-reactive ketones (excluding diaryl/α,β-unsaturated/α-hetero) is 1. The second-order valence-corrected chi connectivity index (χ2v) is 5.62. The highest BCUT2D eigenvalue weighted by Gasteiger charge is 2.32. The summed E-state index contributed by atoms with van der Waals surface area (Å²) in [4.78, 5) is 35.5. The summed E-state index contributed by atoms with van der Waals surface area (Å²) in [7, 11) is 0. The summed E-state index contributed by atoms with van der Waals surface area (Å²) in [6.45, 7) is 6.03. The maximum atomic E-state index is 12.4. The minimum absolute atomic E-state index is 0.321. The van der Waals surface area contributed by atoms with E-state index in [1.807, 2.05) is 0 Å². The van der Waals surface area contributed by atoms with Crippen molar-refractivity contribution in [3.8, 4) is 0 Å². The predicted molar refractivity (Wildman–Crippen MR) is 76.7 cm³/mol. The molecule has 0 aliphatic rings. The Morgan fingerprint density at radius 1 is 1.10 bits per heavy atom. The Labute approximate surface area is 124 Å². The van der Waals surface area contributed by atoms with E-state index in [-0.39, 0.29) is 6.61 Å². The second kappa shape index (κ2) is 7.02. The van der Waals surface area contributed by atoms with Gasteiger partial charge in [-0.25, -0.2) is 0 Å². The van der Waals surface area contributed by atoms with E-state index in [1.54, 1.807) is 51.1 Å². The van der Waals surface area contributed by atoms with E-state index in [1.165, 1.54) is 6.92 Å². The van der Waals surface area contributed by atoms with Gasteiger partial charge in [0.05, 0.1) is 0 Å². The van der Waals surface area contributed by atoms with Gasteiger partial charge in [-0.3, -0.25) is 14.4 Å². The van der Waals surface area contributed by atoms with Crippen molar-refractivity contribution >= 4 is 17.7 Å². The molecular formula is C16H20O5. The summed E-state index contributed by atoms with van der Waals surface area (Å²) in [6.07, 6.45) is 0. The van der Waals surface area contributed by atoms with Gasteiger partial charge in [0.2, 0.25) is 0 Å². The number of ether oxygens (including phenoxy) is 2.